The Hall–Kier alpha value is -1.64. The zero-order chi connectivity index (χ0) is 32.7. The Morgan fingerprint density at radius 2 is 1.77 bits per heavy atom. The molecule has 3 fully saturated rings. The minimum Gasteiger partial charge on any atom is -0.481 e. The van der Waals surface area contributed by atoms with Gasteiger partial charge >= 0.3 is 5.97 Å². The molecule has 3 heterocycles. The molecule has 0 radical (unpaired) electrons. The number of ether oxygens (including phenoxy) is 7. The number of carbonyl (C=O) groups excluding carboxylic acids is 1. The molecule has 3 aliphatic rings. The van der Waals surface area contributed by atoms with E-state index < -0.39 is 47.6 Å². The van der Waals surface area contributed by atoms with Crippen molar-refractivity contribution in [2.75, 3.05) is 28.1 Å². The molecule has 3 saturated heterocycles. The van der Waals surface area contributed by atoms with Crippen molar-refractivity contribution >= 4 is 11.9 Å². The highest BCUT2D eigenvalue weighted by Crippen LogP contribution is 2.44. The number of hydrogen-bond acceptors (Lipinski definition) is 10. The number of hydrogen-bond donors (Lipinski definition) is 3. The lowest BCUT2D eigenvalue weighted by atomic mass is 9.72. The van der Waals surface area contributed by atoms with E-state index in [1.165, 1.54) is 7.11 Å². The third kappa shape index (κ3) is 8.58. The van der Waals surface area contributed by atoms with Crippen LogP contribution in [-0.4, -0.2) is 105 Å². The first-order chi connectivity index (χ1) is 20.8. The number of aliphatic hydroxyl groups is 1. The van der Waals surface area contributed by atoms with Crippen LogP contribution in [0.4, 0.5) is 0 Å². The molecule has 0 aromatic rings. The number of carbonyl (C=O) groups is 2. The average Bonchev–Trinajstić information content (AvgIpc) is 2.98. The number of unbranched alkanes of at least 4 members (excludes halogenated alkanes) is 1. The first kappa shape index (κ1) is 36.8. The normalized spacial score (nSPS) is 36.8. The predicted octanol–water partition coefficient (Wildman–Crippen LogP) is 3.39. The van der Waals surface area contributed by atoms with Crippen LogP contribution in [0.25, 0.3) is 0 Å². The Morgan fingerprint density at radius 1 is 1.07 bits per heavy atom. The third-order valence-corrected chi connectivity index (χ3v) is 9.89. The van der Waals surface area contributed by atoms with E-state index in [1.807, 2.05) is 19.1 Å². The first-order valence-corrected chi connectivity index (χ1v) is 15.8. The largest absolute Gasteiger partial charge is 0.481 e. The molecule has 3 rings (SSSR count). The molecule has 0 aromatic carbocycles. The number of carboxylic acids is 1. The van der Waals surface area contributed by atoms with Gasteiger partial charge in [-0.3, -0.25) is 9.59 Å². The summed E-state index contributed by atoms with van der Waals surface area (Å²) in [5, 5.41) is 22.9. The molecule has 254 valence electrons. The van der Waals surface area contributed by atoms with E-state index in [2.05, 4.69) is 33.0 Å². The second kappa shape index (κ2) is 16.3. The summed E-state index contributed by atoms with van der Waals surface area (Å²) in [7, 11) is 4.76. The summed E-state index contributed by atoms with van der Waals surface area (Å²) in [6.07, 6.45) is 3.23. The highest BCUT2D eigenvalue weighted by molar-refractivity contribution is 5.82. The fraction of sp³-hybridized carbons (Fsp3) is 0.875. The molecule has 0 aliphatic carbocycles. The standard InChI is InChI=1S/C32H55NO11/c1-19-17-32(40-8,44-21(3)20(19)2)27(36)29(37)33-30-26-25(41-18-42-30)28(39-7)31(4,5)23(43-26)16-22(38-6)14-12-10-9-11-13-15-24(34)35/h9,11,19-23,25-28,30,36H,10,12-18H2,1-8H3,(H,33,37)(H,34,35)/b11-9+/t19?,20-,21-,22-,23-,25+,26+,27-,28-,30-,32-/m1/s1. The molecule has 1 unspecified atom stereocenters. The second-order valence-electron chi connectivity index (χ2n) is 13.1. The number of amides is 1. The summed E-state index contributed by atoms with van der Waals surface area (Å²) < 4.78 is 42.1. The van der Waals surface area contributed by atoms with Gasteiger partial charge in [-0.15, -0.1) is 0 Å². The van der Waals surface area contributed by atoms with Gasteiger partial charge in [-0.25, -0.2) is 0 Å². The minimum atomic E-state index is -1.60. The van der Waals surface area contributed by atoms with Gasteiger partial charge in [0.2, 0.25) is 5.79 Å². The lowest BCUT2D eigenvalue weighted by Crippen LogP contribution is -2.69. The number of fused-ring (bicyclic) bond motifs is 1. The maximum absolute atomic E-state index is 13.5. The molecule has 1 amide bonds. The number of methoxy groups -OCH3 is 3. The maximum atomic E-state index is 13.5. The van der Waals surface area contributed by atoms with Gasteiger partial charge < -0.3 is 48.7 Å². The van der Waals surface area contributed by atoms with E-state index in [1.54, 1.807) is 14.2 Å². The average molecular weight is 630 g/mol. The van der Waals surface area contributed by atoms with Crippen molar-refractivity contribution in [2.24, 2.45) is 17.3 Å². The van der Waals surface area contributed by atoms with Gasteiger partial charge in [0.15, 0.2) is 12.3 Å². The van der Waals surface area contributed by atoms with Crippen LogP contribution in [0.5, 0.6) is 0 Å². The summed E-state index contributed by atoms with van der Waals surface area (Å²) in [6, 6.07) is 0. The lowest BCUT2D eigenvalue weighted by Gasteiger charge is -2.54. The Kier molecular flexibility index (Phi) is 13.6. The summed E-state index contributed by atoms with van der Waals surface area (Å²) in [4.78, 5) is 24.2. The van der Waals surface area contributed by atoms with Crippen LogP contribution in [0.1, 0.15) is 79.6 Å². The summed E-state index contributed by atoms with van der Waals surface area (Å²) >= 11 is 0. The van der Waals surface area contributed by atoms with Crippen LogP contribution >= 0.6 is 0 Å². The van der Waals surface area contributed by atoms with E-state index >= 15 is 0 Å². The number of allylic oxidation sites excluding steroid dienone is 2. The fourth-order valence-corrected chi connectivity index (χ4v) is 6.74. The number of rotatable bonds is 15. The molecule has 44 heavy (non-hydrogen) atoms. The molecule has 0 bridgehead atoms. The molecule has 12 heteroatoms. The van der Waals surface area contributed by atoms with Crippen molar-refractivity contribution in [3.8, 4) is 0 Å². The summed E-state index contributed by atoms with van der Waals surface area (Å²) in [5.74, 6) is -2.56. The topological polar surface area (TPSA) is 151 Å². The van der Waals surface area contributed by atoms with Crippen LogP contribution < -0.4 is 5.32 Å². The smallest absolute Gasteiger partial charge is 0.303 e. The van der Waals surface area contributed by atoms with Crippen molar-refractivity contribution in [2.45, 2.75) is 134 Å². The molecular formula is C32H55NO11. The number of aliphatic hydroxyl groups excluding tert-OH is 1. The number of nitrogens with one attached hydrogen (secondary N) is 1. The van der Waals surface area contributed by atoms with E-state index in [0.29, 0.717) is 19.3 Å². The van der Waals surface area contributed by atoms with Gasteiger partial charge in [0.1, 0.15) is 19.0 Å². The van der Waals surface area contributed by atoms with Gasteiger partial charge in [0, 0.05) is 46.0 Å². The SMILES string of the molecule is CO[C@H](CCC/C=C/CCC(=O)O)C[C@H]1O[C@H]2[C@H](OCO[C@H]2NC(=O)[C@@H](O)[C@@]2(OC)CC(C)[C@@H](C)[C@@H](C)O2)[C@@H](OC)C1(C)C. The van der Waals surface area contributed by atoms with Crippen molar-refractivity contribution in [3.05, 3.63) is 12.2 Å². The zero-order valence-electron chi connectivity index (χ0n) is 27.7. The van der Waals surface area contributed by atoms with Crippen molar-refractivity contribution in [1.29, 1.82) is 0 Å². The summed E-state index contributed by atoms with van der Waals surface area (Å²) in [6.45, 7) is 10.1. The Balaban J connectivity index is 1.69. The van der Waals surface area contributed by atoms with Gasteiger partial charge in [0.05, 0.1) is 24.4 Å². The molecule has 3 N–H and O–H groups in total. The third-order valence-electron chi connectivity index (χ3n) is 9.89. The molecule has 11 atom stereocenters. The lowest BCUT2D eigenvalue weighted by molar-refractivity contribution is -0.334. The van der Waals surface area contributed by atoms with Crippen molar-refractivity contribution in [3.63, 3.8) is 0 Å². The van der Waals surface area contributed by atoms with Gasteiger partial charge in [-0.05, 0) is 44.4 Å². The Morgan fingerprint density at radius 3 is 2.39 bits per heavy atom. The van der Waals surface area contributed by atoms with Crippen LogP contribution in [-0.2, 0) is 42.7 Å². The Labute approximate surface area is 262 Å². The Bertz CT molecular complexity index is 946. The van der Waals surface area contributed by atoms with E-state index in [-0.39, 0.29) is 49.5 Å². The molecule has 0 aromatic heterocycles. The highest BCUT2D eigenvalue weighted by Gasteiger charge is 2.57. The zero-order valence-corrected chi connectivity index (χ0v) is 27.7. The molecule has 0 saturated carbocycles. The van der Waals surface area contributed by atoms with Crippen molar-refractivity contribution < 1.29 is 53.0 Å². The summed E-state index contributed by atoms with van der Waals surface area (Å²) in [5.41, 5.74) is -0.464. The molecule has 0 spiro atoms. The second-order valence-corrected chi connectivity index (χ2v) is 13.1. The van der Waals surface area contributed by atoms with Crippen LogP contribution in [0.3, 0.4) is 0 Å². The maximum Gasteiger partial charge on any atom is 0.303 e. The highest BCUT2D eigenvalue weighted by atomic mass is 16.7. The predicted molar refractivity (Wildman–Crippen MR) is 161 cm³/mol. The fourth-order valence-electron chi connectivity index (χ4n) is 6.74. The van der Waals surface area contributed by atoms with E-state index in [0.717, 1.165) is 19.3 Å². The monoisotopic (exact) mass is 629 g/mol. The molecular weight excluding hydrogens is 574 g/mol. The van der Waals surface area contributed by atoms with Gasteiger partial charge in [-0.1, -0.05) is 39.8 Å². The number of aliphatic carboxylic acids is 1. The molecule has 12 nitrogen and oxygen atoms in total. The quantitative estimate of drug-likeness (QED) is 0.181. The number of carboxylic acid groups (broad SMARTS) is 1. The van der Waals surface area contributed by atoms with Crippen LogP contribution in [0.15, 0.2) is 12.2 Å². The minimum absolute atomic E-state index is 0.0790. The van der Waals surface area contributed by atoms with E-state index in [9.17, 15) is 14.7 Å². The van der Waals surface area contributed by atoms with E-state index in [4.69, 9.17) is 38.3 Å². The van der Waals surface area contributed by atoms with Crippen LogP contribution in [0.2, 0.25) is 0 Å². The molecule has 3 aliphatic heterocycles. The van der Waals surface area contributed by atoms with Crippen LogP contribution in [0, 0.1) is 17.3 Å². The first-order valence-electron chi connectivity index (χ1n) is 15.8. The van der Waals surface area contributed by atoms with Gasteiger partial charge in [-0.2, -0.15) is 0 Å². The van der Waals surface area contributed by atoms with Gasteiger partial charge in [0.25, 0.3) is 5.91 Å². The van der Waals surface area contributed by atoms with Crippen molar-refractivity contribution in [1.82, 2.24) is 5.32 Å².